The summed E-state index contributed by atoms with van der Waals surface area (Å²) in [6.07, 6.45) is 25.3. The van der Waals surface area contributed by atoms with Crippen LogP contribution in [0.2, 0.25) is 0 Å². The number of hydrogen-bond acceptors (Lipinski definition) is 3. The van der Waals surface area contributed by atoms with Crippen LogP contribution in [0.25, 0.3) is 0 Å². The summed E-state index contributed by atoms with van der Waals surface area (Å²) in [5, 5.41) is 27.6. The molecule has 0 heterocycles. The first kappa shape index (κ1) is 23.8. The van der Waals surface area contributed by atoms with E-state index in [0.717, 1.165) is 12.8 Å². The second-order valence-electron chi connectivity index (χ2n) is 5.75. The van der Waals surface area contributed by atoms with Crippen LogP contribution in [0.1, 0.15) is 45.4 Å². The van der Waals surface area contributed by atoms with Crippen LogP contribution in [0.3, 0.4) is 0 Å². The number of rotatable bonds is 14. The topological polar surface area (TPSA) is 77.8 Å². The summed E-state index contributed by atoms with van der Waals surface area (Å²) in [6, 6.07) is 0. The first-order valence-corrected chi connectivity index (χ1v) is 9.10. The molecule has 0 fully saturated rings. The fraction of sp³-hybridized carbons (Fsp3) is 0.409. The van der Waals surface area contributed by atoms with Gasteiger partial charge >= 0.3 is 5.97 Å². The van der Waals surface area contributed by atoms with E-state index in [2.05, 4.69) is 0 Å². The molecule has 3 N–H and O–H groups in total. The lowest BCUT2D eigenvalue weighted by Crippen LogP contribution is -1.99. The Hall–Kier alpha value is -2.17. The van der Waals surface area contributed by atoms with Crippen LogP contribution in [-0.4, -0.2) is 33.5 Å². The summed E-state index contributed by atoms with van der Waals surface area (Å²) in [5.41, 5.74) is 0. The highest BCUT2D eigenvalue weighted by Gasteiger charge is 1.93. The van der Waals surface area contributed by atoms with E-state index in [-0.39, 0.29) is 6.42 Å². The summed E-state index contributed by atoms with van der Waals surface area (Å²) in [6.45, 7) is 1.92. The Bertz CT molecular complexity index is 524. The van der Waals surface area contributed by atoms with Gasteiger partial charge in [-0.25, -0.2) is 0 Å². The highest BCUT2D eigenvalue weighted by molar-refractivity contribution is 5.66. The quantitative estimate of drug-likeness (QED) is 0.315. The zero-order chi connectivity index (χ0) is 19.5. The van der Waals surface area contributed by atoms with Crippen molar-refractivity contribution in [2.75, 3.05) is 0 Å². The van der Waals surface area contributed by atoms with E-state index in [4.69, 9.17) is 5.11 Å². The minimum atomic E-state index is -0.770. The van der Waals surface area contributed by atoms with E-state index < -0.39 is 18.2 Å². The van der Waals surface area contributed by atoms with E-state index in [9.17, 15) is 15.0 Å². The van der Waals surface area contributed by atoms with E-state index >= 15 is 0 Å². The Morgan fingerprint density at radius 1 is 0.808 bits per heavy atom. The SMILES string of the molecule is CC[C@@H](O)/C=C/C=C\C[C@@H](O)/C=C\C=C/C/C=C\C/C=C\CCC(=O)O. The molecular formula is C22H32O4. The molecule has 144 valence electrons. The summed E-state index contributed by atoms with van der Waals surface area (Å²) < 4.78 is 0. The maximum atomic E-state index is 10.3. The van der Waals surface area contributed by atoms with Gasteiger partial charge in [-0.1, -0.05) is 79.8 Å². The van der Waals surface area contributed by atoms with Crippen molar-refractivity contribution in [2.24, 2.45) is 0 Å². The predicted octanol–water partition coefficient (Wildman–Crippen LogP) is 4.49. The lowest BCUT2D eigenvalue weighted by Gasteiger charge is -1.99. The zero-order valence-corrected chi connectivity index (χ0v) is 15.6. The molecule has 0 radical (unpaired) electrons. The van der Waals surface area contributed by atoms with Crippen molar-refractivity contribution in [1.82, 2.24) is 0 Å². The third-order valence-corrected chi connectivity index (χ3v) is 3.36. The molecule has 0 aromatic carbocycles. The molecule has 2 atom stereocenters. The molecule has 0 aliphatic heterocycles. The Morgan fingerprint density at radius 2 is 1.38 bits per heavy atom. The predicted molar refractivity (Wildman–Crippen MR) is 108 cm³/mol. The van der Waals surface area contributed by atoms with E-state index in [1.54, 1.807) is 18.2 Å². The molecule has 0 aromatic heterocycles. The highest BCUT2D eigenvalue weighted by atomic mass is 16.4. The highest BCUT2D eigenvalue weighted by Crippen LogP contribution is 1.99. The third kappa shape index (κ3) is 18.2. The second-order valence-corrected chi connectivity index (χ2v) is 5.75. The normalized spacial score (nSPS) is 15.5. The van der Waals surface area contributed by atoms with Crippen LogP contribution in [-0.2, 0) is 4.79 Å². The minimum Gasteiger partial charge on any atom is -0.481 e. The first-order chi connectivity index (χ1) is 12.6. The molecule has 0 rings (SSSR count). The monoisotopic (exact) mass is 360 g/mol. The molecule has 0 saturated heterocycles. The van der Waals surface area contributed by atoms with Crippen LogP contribution in [0, 0.1) is 0 Å². The van der Waals surface area contributed by atoms with Crippen molar-refractivity contribution in [2.45, 2.75) is 57.7 Å². The number of carbonyl (C=O) groups is 1. The lowest BCUT2D eigenvalue weighted by atomic mass is 10.2. The number of aliphatic hydroxyl groups excluding tert-OH is 2. The molecule has 4 nitrogen and oxygen atoms in total. The summed E-state index contributed by atoms with van der Waals surface area (Å²) in [4.78, 5) is 10.3. The van der Waals surface area contributed by atoms with Gasteiger partial charge in [0.05, 0.1) is 12.2 Å². The van der Waals surface area contributed by atoms with Gasteiger partial charge in [-0.3, -0.25) is 4.79 Å². The Morgan fingerprint density at radius 3 is 2.04 bits per heavy atom. The van der Waals surface area contributed by atoms with E-state index in [1.165, 1.54) is 0 Å². The van der Waals surface area contributed by atoms with Crippen molar-refractivity contribution in [3.63, 3.8) is 0 Å². The lowest BCUT2D eigenvalue weighted by molar-refractivity contribution is -0.136. The average molecular weight is 360 g/mol. The van der Waals surface area contributed by atoms with Gasteiger partial charge in [0.1, 0.15) is 0 Å². The minimum absolute atomic E-state index is 0.176. The van der Waals surface area contributed by atoms with Crippen LogP contribution >= 0.6 is 0 Å². The molecular weight excluding hydrogens is 328 g/mol. The van der Waals surface area contributed by atoms with Crippen LogP contribution < -0.4 is 0 Å². The fourth-order valence-corrected chi connectivity index (χ4v) is 1.82. The number of carboxylic acid groups (broad SMARTS) is 1. The van der Waals surface area contributed by atoms with Gasteiger partial charge in [-0.15, -0.1) is 0 Å². The van der Waals surface area contributed by atoms with Gasteiger partial charge in [0.2, 0.25) is 0 Å². The molecule has 0 aliphatic carbocycles. The Labute approximate surface area is 157 Å². The largest absolute Gasteiger partial charge is 0.481 e. The molecule has 0 aromatic rings. The van der Waals surface area contributed by atoms with Crippen molar-refractivity contribution >= 4 is 5.97 Å². The van der Waals surface area contributed by atoms with Crippen molar-refractivity contribution in [3.8, 4) is 0 Å². The molecule has 0 aliphatic rings. The zero-order valence-electron chi connectivity index (χ0n) is 15.6. The smallest absolute Gasteiger partial charge is 0.303 e. The van der Waals surface area contributed by atoms with E-state index in [0.29, 0.717) is 19.3 Å². The maximum Gasteiger partial charge on any atom is 0.303 e. The van der Waals surface area contributed by atoms with Crippen molar-refractivity contribution in [3.05, 3.63) is 72.9 Å². The second kappa shape index (κ2) is 17.6. The third-order valence-electron chi connectivity index (χ3n) is 3.36. The number of allylic oxidation sites excluding steroid dienone is 9. The molecule has 0 unspecified atom stereocenters. The van der Waals surface area contributed by atoms with Gasteiger partial charge in [0.15, 0.2) is 0 Å². The van der Waals surface area contributed by atoms with Crippen molar-refractivity contribution < 1.29 is 20.1 Å². The molecule has 0 bridgehead atoms. The fourth-order valence-electron chi connectivity index (χ4n) is 1.82. The van der Waals surface area contributed by atoms with Crippen molar-refractivity contribution in [1.29, 1.82) is 0 Å². The number of aliphatic hydroxyl groups is 2. The number of hydrogen-bond donors (Lipinski definition) is 3. The first-order valence-electron chi connectivity index (χ1n) is 9.10. The maximum absolute atomic E-state index is 10.3. The molecule has 0 amide bonds. The summed E-state index contributed by atoms with van der Waals surface area (Å²) >= 11 is 0. The molecule has 4 heteroatoms. The van der Waals surface area contributed by atoms with Gasteiger partial charge < -0.3 is 15.3 Å². The van der Waals surface area contributed by atoms with Gasteiger partial charge in [-0.2, -0.15) is 0 Å². The molecule has 0 spiro atoms. The summed E-state index contributed by atoms with van der Waals surface area (Å²) in [7, 11) is 0. The number of aliphatic carboxylic acids is 1. The Kier molecular flexibility index (Phi) is 16.2. The van der Waals surface area contributed by atoms with Gasteiger partial charge in [-0.05, 0) is 32.1 Å². The summed E-state index contributed by atoms with van der Waals surface area (Å²) in [5.74, 6) is -0.770. The van der Waals surface area contributed by atoms with E-state index in [1.807, 2.05) is 61.6 Å². The van der Waals surface area contributed by atoms with Gasteiger partial charge in [0.25, 0.3) is 0 Å². The van der Waals surface area contributed by atoms with Gasteiger partial charge in [0, 0.05) is 6.42 Å². The molecule has 0 saturated carbocycles. The average Bonchev–Trinajstić information content (AvgIpc) is 2.61. The van der Waals surface area contributed by atoms with Crippen LogP contribution in [0.4, 0.5) is 0 Å². The Balaban J connectivity index is 3.79. The number of carboxylic acids is 1. The van der Waals surface area contributed by atoms with Crippen LogP contribution in [0.5, 0.6) is 0 Å². The molecule has 26 heavy (non-hydrogen) atoms. The standard InChI is InChI=1S/C22H32O4/c1-2-20(23)16-13-11-14-18-21(24)17-12-9-7-5-3-4-6-8-10-15-19-22(25)26/h3-4,7-14,16-17,20-21,23-24H,2,5-6,15,18-19H2,1H3,(H,25,26)/b4-3-,9-7-,10-8-,14-11-,16-13+,17-12-/t20-,21+/m1/s1. The van der Waals surface area contributed by atoms with Crippen LogP contribution in [0.15, 0.2) is 72.9 Å².